The van der Waals surface area contributed by atoms with Crippen LogP contribution in [-0.2, 0) is 16.6 Å². The Bertz CT molecular complexity index is 1420. The lowest BCUT2D eigenvalue weighted by atomic mass is 9.99. The number of rotatable bonds is 7. The molecule has 37 heavy (non-hydrogen) atoms. The summed E-state index contributed by atoms with van der Waals surface area (Å²) in [6.45, 7) is 3.31. The molecule has 0 bridgehead atoms. The summed E-state index contributed by atoms with van der Waals surface area (Å²) in [6, 6.07) is 16.9. The van der Waals surface area contributed by atoms with Gasteiger partial charge in [-0.1, -0.05) is 30.7 Å². The van der Waals surface area contributed by atoms with Gasteiger partial charge in [-0.15, -0.1) is 0 Å². The van der Waals surface area contributed by atoms with Crippen LogP contribution in [0.5, 0.6) is 0 Å². The highest BCUT2D eigenvalue weighted by molar-refractivity contribution is 7.89. The summed E-state index contributed by atoms with van der Waals surface area (Å²) < 4.78 is 29.3. The van der Waals surface area contributed by atoms with E-state index in [1.165, 1.54) is 29.3 Å². The lowest BCUT2D eigenvalue weighted by molar-refractivity contribution is 0.0951. The molecule has 1 unspecified atom stereocenters. The second-order valence-corrected chi connectivity index (χ2v) is 11.9. The Labute approximate surface area is 222 Å². The summed E-state index contributed by atoms with van der Waals surface area (Å²) in [5.41, 5.74) is 2.83. The number of sulfonamides is 1. The highest BCUT2D eigenvalue weighted by Crippen LogP contribution is 2.30. The Morgan fingerprint density at radius 2 is 1.78 bits per heavy atom. The Morgan fingerprint density at radius 3 is 2.49 bits per heavy atom. The smallest absolute Gasteiger partial charge is 0.265 e. The van der Waals surface area contributed by atoms with E-state index in [0.29, 0.717) is 41.0 Å². The number of pyridine rings is 1. The molecule has 9 heteroatoms. The van der Waals surface area contributed by atoms with E-state index in [9.17, 15) is 13.2 Å². The van der Waals surface area contributed by atoms with Gasteiger partial charge >= 0.3 is 0 Å². The number of amidine groups is 1. The van der Waals surface area contributed by atoms with Gasteiger partial charge < -0.3 is 5.32 Å². The number of fused-ring (bicyclic) bond motifs is 1. The van der Waals surface area contributed by atoms with Crippen molar-refractivity contribution in [2.24, 2.45) is 10.9 Å². The van der Waals surface area contributed by atoms with Crippen LogP contribution in [0.2, 0.25) is 5.02 Å². The van der Waals surface area contributed by atoms with Crippen LogP contribution >= 0.6 is 11.6 Å². The number of hydrogen-bond acceptors (Lipinski definition) is 5. The predicted octanol–water partition coefficient (Wildman–Crippen LogP) is 5.02. The Morgan fingerprint density at radius 1 is 1.05 bits per heavy atom. The van der Waals surface area contributed by atoms with Crippen molar-refractivity contribution >= 4 is 33.4 Å². The molecule has 1 N–H and O–H groups in total. The van der Waals surface area contributed by atoms with E-state index >= 15 is 0 Å². The number of carbonyl (C=O) groups excluding carboxylic acids is 1. The van der Waals surface area contributed by atoms with Crippen LogP contribution in [0.25, 0.3) is 0 Å². The maximum Gasteiger partial charge on any atom is 0.265 e. The molecule has 2 heterocycles. The highest BCUT2D eigenvalue weighted by atomic mass is 35.5. The maximum atomic E-state index is 14.0. The van der Waals surface area contributed by atoms with E-state index in [-0.39, 0.29) is 23.3 Å². The zero-order chi connectivity index (χ0) is 26.0. The minimum absolute atomic E-state index is 0.0521. The molecule has 1 atom stereocenters. The molecule has 1 aliphatic heterocycles. The molecule has 1 amide bonds. The molecule has 5 rings (SSSR count). The molecule has 2 aliphatic rings. The first-order chi connectivity index (χ1) is 17.8. The average Bonchev–Trinajstić information content (AvgIpc) is 3.75. The van der Waals surface area contributed by atoms with E-state index in [4.69, 9.17) is 16.6 Å². The van der Waals surface area contributed by atoms with E-state index in [0.717, 1.165) is 17.7 Å². The van der Waals surface area contributed by atoms with E-state index < -0.39 is 10.0 Å². The molecule has 3 aromatic rings. The molecule has 1 aromatic heterocycles. The first kappa shape index (κ1) is 25.4. The maximum absolute atomic E-state index is 14.0. The zero-order valence-electron chi connectivity index (χ0n) is 20.6. The lowest BCUT2D eigenvalue weighted by Gasteiger charge is -2.27. The number of nitrogens with zero attached hydrogens (tertiary/aromatic N) is 3. The number of benzene rings is 2. The summed E-state index contributed by atoms with van der Waals surface area (Å²) in [5, 5.41) is 3.42. The number of amides is 1. The van der Waals surface area contributed by atoms with Crippen molar-refractivity contribution in [3.8, 4) is 0 Å². The molecule has 1 saturated carbocycles. The number of halogens is 1. The van der Waals surface area contributed by atoms with Gasteiger partial charge in [0.25, 0.3) is 15.9 Å². The average molecular weight is 537 g/mol. The van der Waals surface area contributed by atoms with Gasteiger partial charge in [-0.3, -0.25) is 14.8 Å². The van der Waals surface area contributed by atoms with Gasteiger partial charge in [0, 0.05) is 41.4 Å². The molecular formula is C28H29ClN4O3S. The molecule has 192 valence electrons. The van der Waals surface area contributed by atoms with Crippen molar-refractivity contribution in [1.29, 1.82) is 0 Å². The van der Waals surface area contributed by atoms with Gasteiger partial charge in [-0.05, 0) is 79.3 Å². The third-order valence-electron chi connectivity index (χ3n) is 6.80. The van der Waals surface area contributed by atoms with Gasteiger partial charge in [-0.2, -0.15) is 0 Å². The van der Waals surface area contributed by atoms with Crippen molar-refractivity contribution < 1.29 is 13.2 Å². The number of carbonyl (C=O) groups is 1. The van der Waals surface area contributed by atoms with Crippen molar-refractivity contribution in [2.45, 2.75) is 43.5 Å². The van der Waals surface area contributed by atoms with E-state index in [2.05, 4.69) is 17.2 Å². The summed E-state index contributed by atoms with van der Waals surface area (Å²) in [4.78, 5) is 21.9. The fourth-order valence-corrected chi connectivity index (χ4v) is 5.96. The Kier molecular flexibility index (Phi) is 7.31. The topological polar surface area (TPSA) is 91.7 Å². The molecule has 0 spiro atoms. The van der Waals surface area contributed by atoms with Gasteiger partial charge in [0.15, 0.2) is 0 Å². The van der Waals surface area contributed by atoms with E-state index in [1.54, 1.807) is 48.7 Å². The second-order valence-electron chi connectivity index (χ2n) is 9.65. The summed E-state index contributed by atoms with van der Waals surface area (Å²) >= 11 is 6.03. The molecule has 0 radical (unpaired) electrons. The third-order valence-corrected chi connectivity index (χ3v) is 8.80. The number of hydrogen-bond donors (Lipinski definition) is 1. The van der Waals surface area contributed by atoms with Crippen LogP contribution in [-0.4, -0.2) is 42.5 Å². The zero-order valence-corrected chi connectivity index (χ0v) is 22.2. The Hall–Kier alpha value is -3.23. The van der Waals surface area contributed by atoms with Crippen LogP contribution in [0.15, 0.2) is 76.7 Å². The van der Waals surface area contributed by atoms with Crippen molar-refractivity contribution in [3.05, 3.63) is 94.3 Å². The van der Waals surface area contributed by atoms with Gasteiger partial charge in [0.1, 0.15) is 5.84 Å². The second kappa shape index (κ2) is 10.6. The van der Waals surface area contributed by atoms with Crippen molar-refractivity contribution in [3.63, 3.8) is 0 Å². The normalized spacial score (nSPS) is 17.4. The fraction of sp³-hybridized carbons (Fsp3) is 0.321. The third kappa shape index (κ3) is 5.70. The first-order valence-electron chi connectivity index (χ1n) is 12.5. The van der Waals surface area contributed by atoms with Crippen molar-refractivity contribution in [1.82, 2.24) is 14.6 Å². The Balaban J connectivity index is 1.50. The largest absolute Gasteiger partial charge is 0.352 e. The fourth-order valence-electron chi connectivity index (χ4n) is 4.39. The molecule has 1 aliphatic carbocycles. The quantitative estimate of drug-likeness (QED) is 0.459. The minimum Gasteiger partial charge on any atom is -0.352 e. The SMILES string of the molecule is CC1CCN=C(N(Cc2ccc(C(=O)NCC3CC3)cc2)S(=O)(=O)c2ccc(Cl)cc2)c2cccnc21. The lowest BCUT2D eigenvalue weighted by Crippen LogP contribution is -2.37. The predicted molar refractivity (Wildman–Crippen MR) is 144 cm³/mol. The number of aliphatic imine (C=N–C) groups is 1. The molecule has 2 aromatic carbocycles. The number of nitrogens with one attached hydrogen (secondary N) is 1. The van der Waals surface area contributed by atoms with Crippen LogP contribution in [0.4, 0.5) is 0 Å². The molecule has 0 saturated heterocycles. The van der Waals surface area contributed by atoms with Crippen LogP contribution in [0, 0.1) is 5.92 Å². The van der Waals surface area contributed by atoms with Gasteiger partial charge in [0.05, 0.1) is 17.1 Å². The summed E-state index contributed by atoms with van der Waals surface area (Å²) in [6.07, 6.45) is 4.83. The monoisotopic (exact) mass is 536 g/mol. The molecular weight excluding hydrogens is 508 g/mol. The van der Waals surface area contributed by atoms with Crippen LogP contribution < -0.4 is 5.32 Å². The molecule has 7 nitrogen and oxygen atoms in total. The minimum atomic E-state index is -3.99. The van der Waals surface area contributed by atoms with Crippen LogP contribution in [0.1, 0.15) is 59.3 Å². The molecule has 1 fully saturated rings. The highest BCUT2D eigenvalue weighted by Gasteiger charge is 2.32. The van der Waals surface area contributed by atoms with Crippen molar-refractivity contribution in [2.75, 3.05) is 13.1 Å². The van der Waals surface area contributed by atoms with Gasteiger partial charge in [-0.25, -0.2) is 12.7 Å². The van der Waals surface area contributed by atoms with E-state index in [1.807, 2.05) is 6.07 Å². The summed E-state index contributed by atoms with van der Waals surface area (Å²) in [7, 11) is -3.99. The number of aromatic nitrogens is 1. The van der Waals surface area contributed by atoms with Gasteiger partial charge in [0.2, 0.25) is 0 Å². The summed E-state index contributed by atoms with van der Waals surface area (Å²) in [5.74, 6) is 0.987. The first-order valence-corrected chi connectivity index (χ1v) is 14.3. The standard InChI is InChI=1S/C28H29ClN4O3S/c1-19-14-16-31-27(25-3-2-15-30-26(19)25)33(37(35,36)24-12-10-23(29)11-13-24)18-21-6-8-22(9-7-21)28(34)32-17-20-4-5-20/h2-3,6-13,15,19-20H,4-5,14,16-18H2,1H3,(H,32,34). The van der Waals surface area contributed by atoms with Crippen LogP contribution in [0.3, 0.4) is 0 Å².